The molecule has 0 bridgehead atoms. The van der Waals surface area contributed by atoms with Gasteiger partial charge in [0.1, 0.15) is 0 Å². The number of halogens is 1. The van der Waals surface area contributed by atoms with E-state index in [0.29, 0.717) is 10.2 Å². The van der Waals surface area contributed by atoms with E-state index in [2.05, 4.69) is 15.9 Å². The summed E-state index contributed by atoms with van der Waals surface area (Å²) in [4.78, 5) is 10.3. The lowest BCUT2D eigenvalue weighted by Gasteiger charge is -2.12. The second kappa shape index (κ2) is 5.11. The van der Waals surface area contributed by atoms with Gasteiger partial charge in [0.25, 0.3) is 0 Å². The van der Waals surface area contributed by atoms with Crippen molar-refractivity contribution in [2.75, 3.05) is 0 Å². The maximum Gasteiger partial charge on any atom is 0.312 e. The minimum atomic E-state index is -0.442. The number of rotatable bonds is 4. The van der Waals surface area contributed by atoms with Gasteiger partial charge in [-0.1, -0.05) is 22.9 Å². The molecule has 1 unspecified atom stereocenters. The zero-order valence-electron chi connectivity index (χ0n) is 8.57. The van der Waals surface area contributed by atoms with Crippen LogP contribution >= 0.6 is 15.9 Å². The summed E-state index contributed by atoms with van der Waals surface area (Å²) in [5.74, 6) is 0.317. The first kappa shape index (κ1) is 12.0. The van der Waals surface area contributed by atoms with Crippen LogP contribution in [-0.4, -0.2) is 11.0 Å². The Kier molecular flexibility index (Phi) is 4.08. The minimum absolute atomic E-state index is 0.00956. The highest BCUT2D eigenvalue weighted by Crippen LogP contribution is 2.30. The van der Waals surface area contributed by atoms with Crippen molar-refractivity contribution in [1.82, 2.24) is 0 Å². The van der Waals surface area contributed by atoms with Crippen LogP contribution in [0.4, 0.5) is 5.69 Å². The Balaban J connectivity index is 3.01. The van der Waals surface area contributed by atoms with E-state index in [0.717, 1.165) is 6.42 Å². The molecule has 0 saturated heterocycles. The van der Waals surface area contributed by atoms with Crippen LogP contribution in [0.3, 0.4) is 0 Å². The van der Waals surface area contributed by atoms with E-state index in [4.69, 9.17) is 4.74 Å². The molecule has 0 spiro atoms. The second-order valence-corrected chi connectivity index (χ2v) is 4.12. The highest BCUT2D eigenvalue weighted by atomic mass is 79.9. The van der Waals surface area contributed by atoms with E-state index in [1.54, 1.807) is 12.1 Å². The Morgan fingerprint density at radius 3 is 2.80 bits per heavy atom. The number of ether oxygens (including phenoxy) is 1. The predicted molar refractivity (Wildman–Crippen MR) is 61.2 cm³/mol. The molecule has 0 aliphatic carbocycles. The van der Waals surface area contributed by atoms with Gasteiger partial charge in [-0.15, -0.1) is 0 Å². The van der Waals surface area contributed by atoms with Gasteiger partial charge in [0.15, 0.2) is 5.75 Å². The normalized spacial score (nSPS) is 12.2. The third-order valence-electron chi connectivity index (χ3n) is 2.02. The molecule has 0 aromatic heterocycles. The SMILES string of the molecule is CCC(C)Oc1ccc(Br)cc1[N+](=O)[O-]. The summed E-state index contributed by atoms with van der Waals surface area (Å²) in [5, 5.41) is 10.7. The molecule has 1 rings (SSSR count). The van der Waals surface area contributed by atoms with Crippen LogP contribution in [0.25, 0.3) is 0 Å². The Bertz CT molecular complexity index is 368. The minimum Gasteiger partial charge on any atom is -0.484 e. The van der Waals surface area contributed by atoms with Gasteiger partial charge in [-0.2, -0.15) is 0 Å². The summed E-state index contributed by atoms with van der Waals surface area (Å²) in [6.45, 7) is 3.85. The fraction of sp³-hybridized carbons (Fsp3) is 0.400. The van der Waals surface area contributed by atoms with E-state index in [1.807, 2.05) is 13.8 Å². The quantitative estimate of drug-likeness (QED) is 0.623. The van der Waals surface area contributed by atoms with Crippen LogP contribution in [0.15, 0.2) is 22.7 Å². The van der Waals surface area contributed by atoms with Crippen molar-refractivity contribution >= 4 is 21.6 Å². The molecule has 0 heterocycles. The van der Waals surface area contributed by atoms with Gasteiger partial charge in [-0.05, 0) is 25.5 Å². The molecule has 0 fully saturated rings. The molecule has 0 amide bonds. The highest BCUT2D eigenvalue weighted by Gasteiger charge is 2.16. The Labute approximate surface area is 96.5 Å². The first-order valence-electron chi connectivity index (χ1n) is 4.65. The number of nitro groups is 1. The summed E-state index contributed by atoms with van der Waals surface area (Å²) >= 11 is 3.19. The van der Waals surface area contributed by atoms with E-state index in [9.17, 15) is 10.1 Å². The molecule has 5 heteroatoms. The average molecular weight is 274 g/mol. The van der Waals surface area contributed by atoms with Gasteiger partial charge in [0.05, 0.1) is 11.0 Å². The van der Waals surface area contributed by atoms with Crippen molar-refractivity contribution in [1.29, 1.82) is 0 Å². The van der Waals surface area contributed by atoms with Gasteiger partial charge in [-0.25, -0.2) is 0 Å². The van der Waals surface area contributed by atoms with Gasteiger partial charge >= 0.3 is 5.69 Å². The van der Waals surface area contributed by atoms with Gasteiger partial charge < -0.3 is 4.74 Å². The first-order chi connectivity index (χ1) is 7.04. The zero-order chi connectivity index (χ0) is 11.4. The largest absolute Gasteiger partial charge is 0.484 e. The lowest BCUT2D eigenvalue weighted by molar-refractivity contribution is -0.386. The summed E-state index contributed by atoms with van der Waals surface area (Å²) in [6.07, 6.45) is 0.789. The lowest BCUT2D eigenvalue weighted by atomic mass is 10.2. The van der Waals surface area contributed by atoms with Crippen LogP contribution in [0.2, 0.25) is 0 Å². The number of hydrogen-bond acceptors (Lipinski definition) is 3. The molecule has 1 atom stereocenters. The molecule has 1 aromatic rings. The summed E-state index contributed by atoms with van der Waals surface area (Å²) in [5.41, 5.74) is -0.00956. The smallest absolute Gasteiger partial charge is 0.312 e. The zero-order valence-corrected chi connectivity index (χ0v) is 10.2. The van der Waals surface area contributed by atoms with Crippen LogP contribution in [0.1, 0.15) is 20.3 Å². The van der Waals surface area contributed by atoms with E-state index < -0.39 is 4.92 Å². The fourth-order valence-corrected chi connectivity index (χ4v) is 1.38. The van der Waals surface area contributed by atoms with Gasteiger partial charge in [0.2, 0.25) is 0 Å². The third-order valence-corrected chi connectivity index (χ3v) is 2.51. The predicted octanol–water partition coefficient (Wildman–Crippen LogP) is 3.53. The number of nitrogens with zero attached hydrogens (tertiary/aromatic N) is 1. The van der Waals surface area contributed by atoms with Crippen molar-refractivity contribution in [3.05, 3.63) is 32.8 Å². The van der Waals surface area contributed by atoms with Gasteiger partial charge in [-0.3, -0.25) is 10.1 Å². The van der Waals surface area contributed by atoms with Crippen LogP contribution in [0.5, 0.6) is 5.75 Å². The molecule has 0 N–H and O–H groups in total. The lowest BCUT2D eigenvalue weighted by Crippen LogP contribution is -2.10. The van der Waals surface area contributed by atoms with E-state index in [-0.39, 0.29) is 11.8 Å². The maximum atomic E-state index is 10.7. The standard InChI is InChI=1S/C10H12BrNO3/c1-3-7(2)15-10-5-4-8(11)6-9(10)12(13)14/h4-7H,3H2,1-2H3. The molecule has 0 radical (unpaired) electrons. The molecule has 1 aromatic carbocycles. The van der Waals surface area contributed by atoms with Crippen molar-refractivity contribution in [3.63, 3.8) is 0 Å². The van der Waals surface area contributed by atoms with Crippen molar-refractivity contribution in [2.24, 2.45) is 0 Å². The molecule has 0 saturated carbocycles. The second-order valence-electron chi connectivity index (χ2n) is 3.21. The monoisotopic (exact) mass is 273 g/mol. The molecule has 15 heavy (non-hydrogen) atoms. The fourth-order valence-electron chi connectivity index (χ4n) is 1.03. The molecule has 4 nitrogen and oxygen atoms in total. The molecule has 82 valence electrons. The third kappa shape index (κ3) is 3.20. The van der Waals surface area contributed by atoms with Crippen molar-refractivity contribution in [2.45, 2.75) is 26.4 Å². The topological polar surface area (TPSA) is 52.4 Å². The Morgan fingerprint density at radius 1 is 1.60 bits per heavy atom. The molecular formula is C10H12BrNO3. The van der Waals surface area contributed by atoms with Crippen LogP contribution in [0, 0.1) is 10.1 Å². The Morgan fingerprint density at radius 2 is 2.27 bits per heavy atom. The van der Waals surface area contributed by atoms with Crippen molar-refractivity contribution < 1.29 is 9.66 Å². The van der Waals surface area contributed by atoms with E-state index >= 15 is 0 Å². The summed E-state index contributed by atoms with van der Waals surface area (Å²) in [6, 6.07) is 4.77. The highest BCUT2D eigenvalue weighted by molar-refractivity contribution is 9.10. The summed E-state index contributed by atoms with van der Waals surface area (Å²) in [7, 11) is 0. The number of hydrogen-bond donors (Lipinski definition) is 0. The summed E-state index contributed by atoms with van der Waals surface area (Å²) < 4.78 is 6.12. The molecule has 0 aliphatic rings. The number of nitro benzene ring substituents is 1. The first-order valence-corrected chi connectivity index (χ1v) is 5.44. The average Bonchev–Trinajstić information content (AvgIpc) is 2.20. The van der Waals surface area contributed by atoms with Crippen LogP contribution < -0.4 is 4.74 Å². The van der Waals surface area contributed by atoms with Crippen molar-refractivity contribution in [3.8, 4) is 5.75 Å². The van der Waals surface area contributed by atoms with Gasteiger partial charge in [0, 0.05) is 10.5 Å². The van der Waals surface area contributed by atoms with E-state index in [1.165, 1.54) is 6.07 Å². The number of benzene rings is 1. The maximum absolute atomic E-state index is 10.7. The Hall–Kier alpha value is -1.10. The molecular weight excluding hydrogens is 262 g/mol. The van der Waals surface area contributed by atoms with Crippen LogP contribution in [-0.2, 0) is 0 Å². The molecule has 0 aliphatic heterocycles.